The molecule has 0 radical (unpaired) electrons. The Balaban J connectivity index is 1.31. The lowest BCUT2D eigenvalue weighted by Crippen LogP contribution is -2.43. The fraction of sp³-hybridized carbons (Fsp3) is 0.342. The standard InChI is InChI=1S/C38H42FNO3/c1-27-14-23-34(38(2,3)30-12-8-5-9-13-30)36(24-27)43-37(41)25-35(40-32-19-17-31(39)18-20-32)29-15-21-33(22-16-29)42-26-28-10-6-4-7-11-28/h4-13,15-22,27,34-36,40H,14,23-26H2,1-3H3/t27-,34-,35+,36-/m1/s1. The molecule has 4 nitrogen and oxygen atoms in total. The zero-order valence-corrected chi connectivity index (χ0v) is 25.3. The van der Waals surface area contributed by atoms with E-state index in [0.29, 0.717) is 12.5 Å². The maximum atomic E-state index is 13.6. The van der Waals surface area contributed by atoms with Crippen molar-refractivity contribution in [3.05, 3.63) is 132 Å². The Morgan fingerprint density at radius 3 is 2.21 bits per heavy atom. The molecule has 1 N–H and O–H groups in total. The van der Waals surface area contributed by atoms with Gasteiger partial charge in [0.25, 0.3) is 0 Å². The average Bonchev–Trinajstić information content (AvgIpc) is 3.02. The van der Waals surface area contributed by atoms with Crippen LogP contribution in [0.1, 0.15) is 69.2 Å². The Labute approximate surface area is 255 Å². The summed E-state index contributed by atoms with van der Waals surface area (Å²) in [6, 6.07) is 34.2. The number of rotatable bonds is 11. The first kappa shape index (κ1) is 30.3. The number of carbonyl (C=O) groups is 1. The van der Waals surface area contributed by atoms with E-state index < -0.39 is 0 Å². The van der Waals surface area contributed by atoms with Gasteiger partial charge in [-0.15, -0.1) is 0 Å². The number of halogens is 1. The van der Waals surface area contributed by atoms with Crippen molar-refractivity contribution in [2.75, 3.05) is 5.32 Å². The molecule has 5 rings (SSSR count). The van der Waals surface area contributed by atoms with Crippen LogP contribution in [0.3, 0.4) is 0 Å². The zero-order chi connectivity index (χ0) is 30.2. The third kappa shape index (κ3) is 8.04. The molecule has 0 aliphatic heterocycles. The van der Waals surface area contributed by atoms with Gasteiger partial charge in [0.2, 0.25) is 0 Å². The van der Waals surface area contributed by atoms with Crippen LogP contribution < -0.4 is 10.1 Å². The monoisotopic (exact) mass is 579 g/mol. The molecule has 0 spiro atoms. The van der Waals surface area contributed by atoms with Crippen molar-refractivity contribution in [1.29, 1.82) is 0 Å². The lowest BCUT2D eigenvalue weighted by Gasteiger charge is -2.44. The molecule has 1 fully saturated rings. The van der Waals surface area contributed by atoms with E-state index in [0.717, 1.165) is 41.8 Å². The molecule has 224 valence electrons. The van der Waals surface area contributed by atoms with Crippen LogP contribution in [0.25, 0.3) is 0 Å². The van der Waals surface area contributed by atoms with Crippen molar-refractivity contribution in [2.45, 2.75) is 70.6 Å². The number of carbonyl (C=O) groups excluding carboxylic acids is 1. The summed E-state index contributed by atoms with van der Waals surface area (Å²) in [5, 5.41) is 3.44. The molecule has 1 aliphatic rings. The minimum Gasteiger partial charge on any atom is -0.489 e. The topological polar surface area (TPSA) is 47.6 Å². The van der Waals surface area contributed by atoms with Gasteiger partial charge in [-0.3, -0.25) is 4.79 Å². The van der Waals surface area contributed by atoms with E-state index in [2.05, 4.69) is 50.4 Å². The minimum atomic E-state index is -0.359. The Morgan fingerprint density at radius 1 is 0.884 bits per heavy atom. The second-order valence-corrected chi connectivity index (χ2v) is 12.4. The Hall–Kier alpha value is -4.12. The number of nitrogens with one attached hydrogen (secondary N) is 1. The second-order valence-electron chi connectivity index (χ2n) is 12.4. The summed E-state index contributed by atoms with van der Waals surface area (Å²) in [5.41, 5.74) is 3.88. The third-order valence-electron chi connectivity index (χ3n) is 8.87. The van der Waals surface area contributed by atoms with Crippen LogP contribution in [0.4, 0.5) is 10.1 Å². The highest BCUT2D eigenvalue weighted by Crippen LogP contribution is 2.44. The predicted octanol–water partition coefficient (Wildman–Crippen LogP) is 9.27. The predicted molar refractivity (Wildman–Crippen MR) is 170 cm³/mol. The summed E-state index contributed by atoms with van der Waals surface area (Å²) in [7, 11) is 0. The SMILES string of the molecule is C[C@@H]1CC[C@@H](C(C)(C)c2ccccc2)[C@H](OC(=O)C[C@H](Nc2ccc(F)cc2)c2ccc(OCc3ccccc3)cc2)C1. The van der Waals surface area contributed by atoms with Gasteiger partial charge in [-0.05, 0) is 77.3 Å². The van der Waals surface area contributed by atoms with E-state index in [4.69, 9.17) is 9.47 Å². The quantitative estimate of drug-likeness (QED) is 0.180. The first-order valence-corrected chi connectivity index (χ1v) is 15.3. The molecule has 4 aromatic rings. The first-order chi connectivity index (χ1) is 20.8. The van der Waals surface area contributed by atoms with Gasteiger partial charge < -0.3 is 14.8 Å². The molecule has 0 saturated heterocycles. The molecule has 43 heavy (non-hydrogen) atoms. The van der Waals surface area contributed by atoms with Crippen molar-refractivity contribution in [1.82, 2.24) is 0 Å². The minimum absolute atomic E-state index is 0.131. The normalized spacial score (nSPS) is 19.3. The molecule has 5 heteroatoms. The number of anilines is 1. The largest absolute Gasteiger partial charge is 0.489 e. The fourth-order valence-electron chi connectivity index (χ4n) is 6.29. The molecule has 0 bridgehead atoms. The van der Waals surface area contributed by atoms with Gasteiger partial charge in [0.15, 0.2) is 0 Å². The first-order valence-electron chi connectivity index (χ1n) is 15.3. The number of esters is 1. The zero-order valence-electron chi connectivity index (χ0n) is 25.3. The summed E-state index contributed by atoms with van der Waals surface area (Å²) in [6.07, 6.45) is 2.98. The van der Waals surface area contributed by atoms with E-state index in [1.54, 1.807) is 12.1 Å². The molecular formula is C38H42FNO3. The molecular weight excluding hydrogens is 537 g/mol. The second kappa shape index (κ2) is 13.9. The van der Waals surface area contributed by atoms with Crippen molar-refractivity contribution >= 4 is 11.7 Å². The van der Waals surface area contributed by atoms with E-state index in [1.807, 2.05) is 60.7 Å². The number of ether oxygens (including phenoxy) is 2. The molecule has 0 heterocycles. The molecule has 1 saturated carbocycles. The van der Waals surface area contributed by atoms with Crippen molar-refractivity contribution < 1.29 is 18.7 Å². The van der Waals surface area contributed by atoms with E-state index in [9.17, 15) is 9.18 Å². The fourth-order valence-corrected chi connectivity index (χ4v) is 6.29. The van der Waals surface area contributed by atoms with Crippen LogP contribution in [0.15, 0.2) is 109 Å². The van der Waals surface area contributed by atoms with Crippen LogP contribution in [-0.4, -0.2) is 12.1 Å². The number of hydrogen-bond donors (Lipinski definition) is 1. The molecule has 0 amide bonds. The summed E-state index contributed by atoms with van der Waals surface area (Å²) in [5.74, 6) is 0.923. The van der Waals surface area contributed by atoms with E-state index in [1.165, 1.54) is 17.7 Å². The third-order valence-corrected chi connectivity index (χ3v) is 8.87. The Bertz CT molecular complexity index is 1440. The summed E-state index contributed by atoms with van der Waals surface area (Å²) in [4.78, 5) is 13.6. The molecule has 0 unspecified atom stereocenters. The smallest absolute Gasteiger partial charge is 0.308 e. The van der Waals surface area contributed by atoms with Crippen molar-refractivity contribution in [3.8, 4) is 5.75 Å². The van der Waals surface area contributed by atoms with Crippen LogP contribution in [0, 0.1) is 17.7 Å². The maximum Gasteiger partial charge on any atom is 0.308 e. The molecule has 4 aromatic carbocycles. The Morgan fingerprint density at radius 2 is 1.53 bits per heavy atom. The van der Waals surface area contributed by atoms with Gasteiger partial charge in [0.1, 0.15) is 24.3 Å². The summed E-state index contributed by atoms with van der Waals surface area (Å²) in [6.45, 7) is 7.26. The van der Waals surface area contributed by atoms with Crippen LogP contribution in [-0.2, 0) is 21.6 Å². The van der Waals surface area contributed by atoms with Crippen LogP contribution >= 0.6 is 0 Å². The van der Waals surface area contributed by atoms with Gasteiger partial charge in [-0.25, -0.2) is 4.39 Å². The van der Waals surface area contributed by atoms with Crippen LogP contribution in [0.5, 0.6) is 5.75 Å². The molecule has 1 aliphatic carbocycles. The highest BCUT2D eigenvalue weighted by molar-refractivity contribution is 5.71. The maximum absolute atomic E-state index is 13.6. The summed E-state index contributed by atoms with van der Waals surface area (Å²) < 4.78 is 25.9. The highest BCUT2D eigenvalue weighted by atomic mass is 19.1. The van der Waals surface area contributed by atoms with Crippen molar-refractivity contribution in [2.24, 2.45) is 11.8 Å². The van der Waals surface area contributed by atoms with E-state index in [-0.39, 0.29) is 41.7 Å². The Kier molecular flexibility index (Phi) is 9.81. The van der Waals surface area contributed by atoms with Gasteiger partial charge in [-0.2, -0.15) is 0 Å². The lowest BCUT2D eigenvalue weighted by molar-refractivity contribution is -0.156. The summed E-state index contributed by atoms with van der Waals surface area (Å²) >= 11 is 0. The van der Waals surface area contributed by atoms with Crippen molar-refractivity contribution in [3.63, 3.8) is 0 Å². The van der Waals surface area contributed by atoms with Gasteiger partial charge in [0.05, 0.1) is 12.5 Å². The number of hydrogen-bond acceptors (Lipinski definition) is 4. The van der Waals surface area contributed by atoms with E-state index >= 15 is 0 Å². The average molecular weight is 580 g/mol. The van der Waals surface area contributed by atoms with Gasteiger partial charge in [0, 0.05) is 11.6 Å². The van der Waals surface area contributed by atoms with Crippen LogP contribution in [0.2, 0.25) is 0 Å². The van der Waals surface area contributed by atoms with Gasteiger partial charge in [-0.1, -0.05) is 100.0 Å². The molecule has 0 aromatic heterocycles. The van der Waals surface area contributed by atoms with Gasteiger partial charge >= 0.3 is 5.97 Å². The lowest BCUT2D eigenvalue weighted by atomic mass is 9.64. The number of benzene rings is 4. The molecule has 4 atom stereocenters. The highest BCUT2D eigenvalue weighted by Gasteiger charge is 2.42.